The summed E-state index contributed by atoms with van der Waals surface area (Å²) in [6.07, 6.45) is 1.60. The van der Waals surface area contributed by atoms with E-state index in [9.17, 15) is 13.2 Å². The first kappa shape index (κ1) is 24.0. The van der Waals surface area contributed by atoms with E-state index in [0.717, 1.165) is 32.0 Å². The van der Waals surface area contributed by atoms with E-state index in [1.54, 1.807) is 38.2 Å². The van der Waals surface area contributed by atoms with Crippen LogP contribution in [0.5, 0.6) is 5.75 Å². The average molecular weight is 462 g/mol. The van der Waals surface area contributed by atoms with Crippen molar-refractivity contribution in [1.29, 1.82) is 0 Å². The number of methoxy groups -OCH3 is 1. The summed E-state index contributed by atoms with van der Waals surface area (Å²) in [5.41, 5.74) is 0.516. The minimum absolute atomic E-state index is 0.0648. The molecule has 1 aromatic carbocycles. The molecule has 1 aliphatic heterocycles. The zero-order valence-electron chi connectivity index (χ0n) is 18.9. The normalized spacial score (nSPS) is 16.1. The molecule has 0 saturated carbocycles. The lowest BCUT2D eigenvalue weighted by atomic mass is 10.1. The van der Waals surface area contributed by atoms with Crippen molar-refractivity contribution < 1.29 is 17.9 Å². The topological polar surface area (TPSA) is 104 Å². The van der Waals surface area contributed by atoms with Crippen LogP contribution in [0, 0.1) is 5.92 Å². The average Bonchev–Trinajstić information content (AvgIpc) is 2.78. The molecule has 0 aliphatic carbocycles. The number of carbonyl (C=O) groups is 1. The molecule has 0 bridgehead atoms. The van der Waals surface area contributed by atoms with Crippen molar-refractivity contribution >= 4 is 27.4 Å². The first-order valence-corrected chi connectivity index (χ1v) is 12.0. The number of anilines is 2. The van der Waals surface area contributed by atoms with Crippen LogP contribution in [0.4, 0.5) is 11.5 Å². The minimum Gasteiger partial charge on any atom is -0.497 e. The van der Waals surface area contributed by atoms with Crippen molar-refractivity contribution in [2.24, 2.45) is 5.92 Å². The number of likely N-dealkylation sites (N-methyl/N-ethyl adjacent to an activating group) is 1. The van der Waals surface area contributed by atoms with Crippen LogP contribution in [0.15, 0.2) is 47.5 Å². The molecule has 1 unspecified atom stereocenters. The summed E-state index contributed by atoms with van der Waals surface area (Å²) in [6.45, 7) is 7.33. The lowest BCUT2D eigenvalue weighted by Gasteiger charge is -2.33. The van der Waals surface area contributed by atoms with Gasteiger partial charge in [0.15, 0.2) is 0 Å². The van der Waals surface area contributed by atoms with Gasteiger partial charge in [-0.2, -0.15) is 4.72 Å². The van der Waals surface area contributed by atoms with Crippen molar-refractivity contribution in [2.45, 2.75) is 24.8 Å². The number of rotatable bonds is 8. The predicted molar refractivity (Wildman–Crippen MR) is 125 cm³/mol. The molecule has 32 heavy (non-hydrogen) atoms. The number of carbonyl (C=O) groups excluding carboxylic acids is 1. The summed E-state index contributed by atoms with van der Waals surface area (Å²) in [5.74, 6) is 0.707. The molecule has 174 valence electrons. The number of piperazine rings is 1. The number of ether oxygens (including phenoxy) is 1. The number of hydrogen-bond acceptors (Lipinski definition) is 7. The Morgan fingerprint density at radius 2 is 1.72 bits per heavy atom. The minimum atomic E-state index is -3.89. The van der Waals surface area contributed by atoms with Crippen molar-refractivity contribution in [2.75, 3.05) is 50.6 Å². The van der Waals surface area contributed by atoms with Crippen molar-refractivity contribution in [3.8, 4) is 5.75 Å². The fourth-order valence-electron chi connectivity index (χ4n) is 3.39. The number of amides is 1. The number of benzene rings is 1. The molecule has 9 nitrogen and oxygen atoms in total. The number of sulfonamides is 1. The van der Waals surface area contributed by atoms with Gasteiger partial charge in [0.2, 0.25) is 15.9 Å². The molecular formula is C22H31N5O4S. The van der Waals surface area contributed by atoms with E-state index in [4.69, 9.17) is 4.74 Å². The molecule has 1 saturated heterocycles. The van der Waals surface area contributed by atoms with Crippen LogP contribution in [0.3, 0.4) is 0 Å². The van der Waals surface area contributed by atoms with Crippen molar-refractivity contribution in [3.05, 3.63) is 42.6 Å². The number of hydrogen-bond donors (Lipinski definition) is 2. The Kier molecular flexibility index (Phi) is 7.70. The third-order valence-electron chi connectivity index (χ3n) is 5.44. The molecule has 1 aliphatic rings. The van der Waals surface area contributed by atoms with Gasteiger partial charge in [-0.25, -0.2) is 13.4 Å². The SMILES string of the molecule is COc1ccc(S(=O)(=O)NC(C(=O)Nc2ccc(N3CCN(C)CC3)nc2)C(C)C)cc1. The molecule has 2 heterocycles. The highest BCUT2D eigenvalue weighted by Gasteiger charge is 2.28. The Bertz CT molecular complexity index is 1000. The van der Waals surface area contributed by atoms with E-state index >= 15 is 0 Å². The van der Waals surface area contributed by atoms with Gasteiger partial charge in [-0.05, 0) is 49.4 Å². The van der Waals surface area contributed by atoms with Gasteiger partial charge in [0.1, 0.15) is 17.6 Å². The summed E-state index contributed by atoms with van der Waals surface area (Å²) in [5, 5.41) is 2.78. The smallest absolute Gasteiger partial charge is 0.242 e. The predicted octanol–water partition coefficient (Wildman–Crippen LogP) is 1.78. The third kappa shape index (κ3) is 5.96. The molecule has 1 aromatic heterocycles. The van der Waals surface area contributed by atoms with E-state index < -0.39 is 22.0 Å². The van der Waals surface area contributed by atoms with Gasteiger partial charge in [-0.15, -0.1) is 0 Å². The largest absolute Gasteiger partial charge is 0.497 e. The summed E-state index contributed by atoms with van der Waals surface area (Å²) in [4.78, 5) is 21.9. The fourth-order valence-corrected chi connectivity index (χ4v) is 4.73. The zero-order chi connectivity index (χ0) is 23.3. The molecule has 1 fully saturated rings. The van der Waals surface area contributed by atoms with Crippen LogP contribution < -0.4 is 19.7 Å². The van der Waals surface area contributed by atoms with Crippen LogP contribution in [0.2, 0.25) is 0 Å². The Morgan fingerprint density at radius 3 is 2.25 bits per heavy atom. The maximum Gasteiger partial charge on any atom is 0.242 e. The van der Waals surface area contributed by atoms with Crippen LogP contribution in [-0.2, 0) is 14.8 Å². The van der Waals surface area contributed by atoms with Gasteiger partial charge in [0, 0.05) is 26.2 Å². The zero-order valence-corrected chi connectivity index (χ0v) is 19.7. The van der Waals surface area contributed by atoms with E-state index in [-0.39, 0.29) is 10.8 Å². The van der Waals surface area contributed by atoms with E-state index in [0.29, 0.717) is 11.4 Å². The Morgan fingerprint density at radius 1 is 1.06 bits per heavy atom. The van der Waals surface area contributed by atoms with Gasteiger partial charge in [0.25, 0.3) is 0 Å². The highest BCUT2D eigenvalue weighted by Crippen LogP contribution is 2.19. The van der Waals surface area contributed by atoms with Gasteiger partial charge in [0.05, 0.1) is 23.9 Å². The Hall–Kier alpha value is -2.69. The lowest BCUT2D eigenvalue weighted by Crippen LogP contribution is -2.47. The molecule has 1 atom stereocenters. The van der Waals surface area contributed by atoms with Crippen LogP contribution in [0.1, 0.15) is 13.8 Å². The van der Waals surface area contributed by atoms with Crippen LogP contribution in [0.25, 0.3) is 0 Å². The molecule has 3 rings (SSSR count). The molecule has 2 aromatic rings. The van der Waals surface area contributed by atoms with Gasteiger partial charge >= 0.3 is 0 Å². The maximum atomic E-state index is 12.9. The first-order valence-electron chi connectivity index (χ1n) is 10.6. The first-order chi connectivity index (χ1) is 15.2. The standard InChI is InChI=1S/C22H31N5O4S/c1-16(2)21(25-32(29,30)19-8-6-18(31-4)7-9-19)22(28)24-17-5-10-20(23-15-17)27-13-11-26(3)12-14-27/h5-10,15-16,21,25H,11-14H2,1-4H3,(H,24,28). The second kappa shape index (κ2) is 10.3. The Balaban J connectivity index is 1.67. The highest BCUT2D eigenvalue weighted by atomic mass is 32.2. The quantitative estimate of drug-likeness (QED) is 0.618. The molecule has 10 heteroatoms. The van der Waals surface area contributed by atoms with Crippen LogP contribution >= 0.6 is 0 Å². The third-order valence-corrected chi connectivity index (χ3v) is 6.90. The summed E-state index contributed by atoms with van der Waals surface area (Å²) in [6, 6.07) is 8.72. The number of nitrogens with one attached hydrogen (secondary N) is 2. The number of nitrogens with zero attached hydrogens (tertiary/aromatic N) is 3. The molecule has 0 spiro atoms. The summed E-state index contributed by atoms with van der Waals surface area (Å²) in [7, 11) is -0.283. The van der Waals surface area contributed by atoms with Gasteiger partial charge < -0.3 is 19.9 Å². The maximum absolute atomic E-state index is 12.9. The summed E-state index contributed by atoms with van der Waals surface area (Å²) < 4.78 is 33.2. The molecule has 0 radical (unpaired) electrons. The Labute approximate surface area is 189 Å². The second-order valence-corrected chi connectivity index (χ2v) is 9.92. The lowest BCUT2D eigenvalue weighted by molar-refractivity contribution is -0.118. The number of pyridine rings is 1. The van der Waals surface area contributed by atoms with Gasteiger partial charge in [-0.3, -0.25) is 4.79 Å². The summed E-state index contributed by atoms with van der Waals surface area (Å²) >= 11 is 0. The molecular weight excluding hydrogens is 430 g/mol. The highest BCUT2D eigenvalue weighted by molar-refractivity contribution is 7.89. The molecule has 1 amide bonds. The van der Waals surface area contributed by atoms with Crippen LogP contribution in [-0.4, -0.2) is 70.6 Å². The fraction of sp³-hybridized carbons (Fsp3) is 0.455. The van der Waals surface area contributed by atoms with E-state index in [2.05, 4.69) is 31.9 Å². The molecule has 2 N–H and O–H groups in total. The van der Waals surface area contributed by atoms with Crippen molar-refractivity contribution in [1.82, 2.24) is 14.6 Å². The van der Waals surface area contributed by atoms with Crippen molar-refractivity contribution in [3.63, 3.8) is 0 Å². The second-order valence-electron chi connectivity index (χ2n) is 8.20. The van der Waals surface area contributed by atoms with Gasteiger partial charge in [-0.1, -0.05) is 13.8 Å². The van der Waals surface area contributed by atoms with E-state index in [1.807, 2.05) is 6.07 Å². The monoisotopic (exact) mass is 461 g/mol. The number of aromatic nitrogens is 1. The van der Waals surface area contributed by atoms with E-state index in [1.165, 1.54) is 19.2 Å².